The van der Waals surface area contributed by atoms with Crippen LogP contribution in [0.1, 0.15) is 47.3 Å². The molecule has 5 nitrogen and oxygen atoms in total. The largest absolute Gasteiger partial charge is 0.381 e. The molecule has 1 unspecified atom stereocenters. The van der Waals surface area contributed by atoms with Crippen LogP contribution in [0.3, 0.4) is 0 Å². The molecule has 1 aromatic heterocycles. The molecule has 26 heavy (non-hydrogen) atoms. The molecule has 0 spiro atoms. The van der Waals surface area contributed by atoms with Crippen molar-refractivity contribution in [2.24, 2.45) is 0 Å². The van der Waals surface area contributed by atoms with Crippen molar-refractivity contribution in [3.8, 4) is 0 Å². The zero-order valence-electron chi connectivity index (χ0n) is 15.6. The number of aromatic nitrogens is 1. The van der Waals surface area contributed by atoms with Crippen LogP contribution in [0.25, 0.3) is 0 Å². The third-order valence-electron chi connectivity index (χ3n) is 5.30. The predicted octanol–water partition coefficient (Wildman–Crippen LogP) is 3.02. The van der Waals surface area contributed by atoms with E-state index in [4.69, 9.17) is 4.74 Å². The van der Waals surface area contributed by atoms with Gasteiger partial charge in [-0.2, -0.15) is 0 Å². The Morgan fingerprint density at radius 1 is 1.15 bits per heavy atom. The van der Waals surface area contributed by atoms with Gasteiger partial charge >= 0.3 is 0 Å². The van der Waals surface area contributed by atoms with E-state index < -0.39 is 0 Å². The Balaban J connectivity index is 1.91. The zero-order valence-corrected chi connectivity index (χ0v) is 15.6. The van der Waals surface area contributed by atoms with Crippen LogP contribution in [-0.4, -0.2) is 41.7 Å². The molecule has 0 aliphatic carbocycles. The van der Waals surface area contributed by atoms with Crippen molar-refractivity contribution < 1.29 is 9.53 Å². The second-order valence-corrected chi connectivity index (χ2v) is 6.90. The van der Waals surface area contributed by atoms with Gasteiger partial charge in [-0.05, 0) is 43.9 Å². The molecule has 1 saturated heterocycles. The van der Waals surface area contributed by atoms with Gasteiger partial charge in [0.2, 0.25) is 0 Å². The molecule has 5 heteroatoms. The summed E-state index contributed by atoms with van der Waals surface area (Å²) < 4.78 is 7.02. The van der Waals surface area contributed by atoms with Crippen molar-refractivity contribution in [3.05, 3.63) is 69.6 Å². The third kappa shape index (κ3) is 3.58. The molecule has 0 N–H and O–H groups in total. The number of likely N-dealkylation sites (tertiary alicyclic amines) is 1. The molecule has 0 radical (unpaired) electrons. The smallest absolute Gasteiger partial charge is 0.264 e. The Hall–Kier alpha value is -2.40. The van der Waals surface area contributed by atoms with Gasteiger partial charge in [-0.3, -0.25) is 9.59 Å². The molecule has 0 saturated carbocycles. The number of pyridine rings is 1. The number of rotatable bonds is 4. The van der Waals surface area contributed by atoms with Crippen molar-refractivity contribution in [3.63, 3.8) is 0 Å². The van der Waals surface area contributed by atoms with Gasteiger partial charge in [0, 0.05) is 26.4 Å². The molecule has 1 atom stereocenters. The number of methoxy groups -OCH3 is 1. The van der Waals surface area contributed by atoms with Gasteiger partial charge in [0.1, 0.15) is 5.56 Å². The van der Waals surface area contributed by atoms with E-state index in [1.807, 2.05) is 50.2 Å². The number of amides is 1. The predicted molar refractivity (Wildman–Crippen MR) is 102 cm³/mol. The van der Waals surface area contributed by atoms with Gasteiger partial charge in [0.25, 0.3) is 11.5 Å². The number of hydrogen-bond acceptors (Lipinski definition) is 3. The quantitative estimate of drug-likeness (QED) is 0.848. The zero-order chi connectivity index (χ0) is 18.7. The Labute approximate surface area is 154 Å². The molecule has 0 bridgehead atoms. The SMILES string of the molecule is COC1CCN(C(=O)c2c(C)ccn(C(C)c3ccccc3)c2=O)CC1. The van der Waals surface area contributed by atoms with Crippen LogP contribution in [0, 0.1) is 6.92 Å². The van der Waals surface area contributed by atoms with Crippen molar-refractivity contribution in [1.82, 2.24) is 9.47 Å². The molecule has 1 aliphatic rings. The maximum Gasteiger partial charge on any atom is 0.264 e. The fourth-order valence-corrected chi connectivity index (χ4v) is 3.55. The summed E-state index contributed by atoms with van der Waals surface area (Å²) in [5.74, 6) is -0.170. The van der Waals surface area contributed by atoms with Crippen LogP contribution in [-0.2, 0) is 4.74 Å². The summed E-state index contributed by atoms with van der Waals surface area (Å²) in [4.78, 5) is 27.9. The van der Waals surface area contributed by atoms with Crippen LogP contribution in [0.4, 0.5) is 0 Å². The lowest BCUT2D eigenvalue weighted by molar-refractivity contribution is 0.0349. The number of ether oxygens (including phenoxy) is 1. The fraction of sp³-hybridized carbons (Fsp3) is 0.429. The first-order valence-corrected chi connectivity index (χ1v) is 9.11. The van der Waals surface area contributed by atoms with Gasteiger partial charge in [-0.1, -0.05) is 30.3 Å². The first-order chi connectivity index (χ1) is 12.5. The van der Waals surface area contributed by atoms with E-state index in [0.717, 1.165) is 24.0 Å². The molecule has 2 heterocycles. The summed E-state index contributed by atoms with van der Waals surface area (Å²) >= 11 is 0. The van der Waals surface area contributed by atoms with Crippen LogP contribution in [0.5, 0.6) is 0 Å². The maximum atomic E-state index is 13.1. The van der Waals surface area contributed by atoms with Crippen LogP contribution in [0.2, 0.25) is 0 Å². The van der Waals surface area contributed by atoms with E-state index in [-0.39, 0.29) is 29.2 Å². The topological polar surface area (TPSA) is 51.5 Å². The van der Waals surface area contributed by atoms with Crippen LogP contribution >= 0.6 is 0 Å². The minimum absolute atomic E-state index is 0.130. The summed E-state index contributed by atoms with van der Waals surface area (Å²) in [6.07, 6.45) is 3.60. The van der Waals surface area contributed by atoms with E-state index >= 15 is 0 Å². The molecule has 2 aromatic rings. The van der Waals surface area contributed by atoms with Crippen molar-refractivity contribution in [2.75, 3.05) is 20.2 Å². The van der Waals surface area contributed by atoms with E-state index in [9.17, 15) is 9.59 Å². The van der Waals surface area contributed by atoms with Crippen molar-refractivity contribution >= 4 is 5.91 Å². The lowest BCUT2D eigenvalue weighted by atomic mass is 10.0. The number of hydrogen-bond donors (Lipinski definition) is 0. The lowest BCUT2D eigenvalue weighted by Gasteiger charge is -2.31. The van der Waals surface area contributed by atoms with Crippen molar-refractivity contribution in [1.29, 1.82) is 0 Å². The highest BCUT2D eigenvalue weighted by Crippen LogP contribution is 2.19. The molecule has 1 aromatic carbocycles. The van der Waals surface area contributed by atoms with E-state index in [1.165, 1.54) is 0 Å². The minimum atomic E-state index is -0.222. The Bertz CT molecular complexity index is 821. The normalized spacial score (nSPS) is 16.5. The Kier molecular flexibility index (Phi) is 5.57. The fourth-order valence-electron chi connectivity index (χ4n) is 3.55. The van der Waals surface area contributed by atoms with E-state index in [2.05, 4.69) is 0 Å². The summed E-state index contributed by atoms with van der Waals surface area (Å²) in [5, 5.41) is 0. The summed E-state index contributed by atoms with van der Waals surface area (Å²) in [7, 11) is 1.70. The van der Waals surface area contributed by atoms with Gasteiger partial charge in [-0.15, -0.1) is 0 Å². The van der Waals surface area contributed by atoms with Crippen LogP contribution < -0.4 is 5.56 Å². The number of carbonyl (C=O) groups is 1. The maximum absolute atomic E-state index is 13.1. The Morgan fingerprint density at radius 3 is 2.42 bits per heavy atom. The average molecular weight is 354 g/mol. The summed E-state index contributed by atoms with van der Waals surface area (Å²) in [6.45, 7) is 5.05. The highest BCUT2D eigenvalue weighted by molar-refractivity contribution is 5.95. The molecular formula is C21H26N2O3. The second kappa shape index (κ2) is 7.87. The first-order valence-electron chi connectivity index (χ1n) is 9.11. The van der Waals surface area contributed by atoms with Gasteiger partial charge in [-0.25, -0.2) is 0 Å². The van der Waals surface area contributed by atoms with Gasteiger partial charge in [0.05, 0.1) is 12.1 Å². The van der Waals surface area contributed by atoms with Crippen molar-refractivity contribution in [2.45, 2.75) is 38.8 Å². The highest BCUT2D eigenvalue weighted by atomic mass is 16.5. The number of carbonyl (C=O) groups excluding carboxylic acids is 1. The number of aryl methyl sites for hydroxylation is 1. The second-order valence-electron chi connectivity index (χ2n) is 6.90. The summed E-state index contributed by atoms with van der Waals surface area (Å²) in [5.41, 5.74) is 1.83. The van der Waals surface area contributed by atoms with E-state index in [0.29, 0.717) is 13.1 Å². The monoisotopic (exact) mass is 354 g/mol. The number of nitrogens with zero attached hydrogens (tertiary/aromatic N) is 2. The Morgan fingerprint density at radius 2 is 1.81 bits per heavy atom. The molecule has 1 fully saturated rings. The first kappa shape index (κ1) is 18.4. The van der Waals surface area contributed by atoms with E-state index in [1.54, 1.807) is 22.8 Å². The number of benzene rings is 1. The third-order valence-corrected chi connectivity index (χ3v) is 5.30. The number of piperidine rings is 1. The van der Waals surface area contributed by atoms with Gasteiger partial charge in [0.15, 0.2) is 0 Å². The molecular weight excluding hydrogens is 328 g/mol. The minimum Gasteiger partial charge on any atom is -0.381 e. The highest BCUT2D eigenvalue weighted by Gasteiger charge is 2.27. The molecule has 1 amide bonds. The molecule has 3 rings (SSSR count). The standard InChI is InChI=1S/C21H26N2O3/c1-15-9-14-23(16(2)17-7-5-4-6-8-17)21(25)19(15)20(24)22-12-10-18(26-3)11-13-22/h4-9,14,16,18H,10-13H2,1-3H3. The summed E-state index contributed by atoms with van der Waals surface area (Å²) in [6, 6.07) is 11.6. The van der Waals surface area contributed by atoms with Gasteiger partial charge < -0.3 is 14.2 Å². The lowest BCUT2D eigenvalue weighted by Crippen LogP contribution is -2.43. The molecule has 138 valence electrons. The average Bonchev–Trinajstić information content (AvgIpc) is 2.68. The molecule has 1 aliphatic heterocycles. The van der Waals surface area contributed by atoms with Crippen LogP contribution in [0.15, 0.2) is 47.4 Å².